The highest BCUT2D eigenvalue weighted by atomic mass is 19.1. The van der Waals surface area contributed by atoms with E-state index in [1.54, 1.807) is 0 Å². The maximum Gasteiger partial charge on any atom is 0.130 e. The van der Waals surface area contributed by atoms with Crippen molar-refractivity contribution in [2.24, 2.45) is 17.8 Å². The maximum absolute atomic E-state index is 14.1. The average Bonchev–Trinajstić information content (AvgIpc) is 2.50. The molecule has 21 heavy (non-hydrogen) atoms. The molecule has 3 rings (SSSR count). The number of rotatable bonds is 3. The standard InChI is InChI=1S/C18H25F2N/c1-21-18(17-15(19)7-4-8-16(17)20)14-10-9-12-5-2-3-6-13(12)11-14/h4,7-8,12-14,18,21H,2-3,5-6,9-11H2,1H3. The van der Waals surface area contributed by atoms with E-state index in [0.29, 0.717) is 5.92 Å². The predicted octanol–water partition coefficient (Wildman–Crippen LogP) is 4.83. The van der Waals surface area contributed by atoms with Crippen molar-refractivity contribution in [3.8, 4) is 0 Å². The van der Waals surface area contributed by atoms with Gasteiger partial charge in [0.25, 0.3) is 0 Å². The summed E-state index contributed by atoms with van der Waals surface area (Å²) in [4.78, 5) is 0. The van der Waals surface area contributed by atoms with Gasteiger partial charge in [-0.05, 0) is 56.2 Å². The molecule has 1 N–H and O–H groups in total. The van der Waals surface area contributed by atoms with E-state index < -0.39 is 11.6 Å². The fourth-order valence-electron chi connectivity index (χ4n) is 4.64. The molecule has 1 aromatic carbocycles. The highest BCUT2D eigenvalue weighted by Crippen LogP contribution is 2.46. The van der Waals surface area contributed by atoms with Gasteiger partial charge in [0.2, 0.25) is 0 Å². The van der Waals surface area contributed by atoms with Gasteiger partial charge < -0.3 is 5.32 Å². The van der Waals surface area contributed by atoms with Gasteiger partial charge in [0, 0.05) is 11.6 Å². The molecule has 2 fully saturated rings. The number of nitrogens with one attached hydrogen (secondary N) is 1. The SMILES string of the molecule is CNC(c1c(F)cccc1F)C1CCC2CCCCC2C1. The van der Waals surface area contributed by atoms with Crippen LogP contribution in [0.15, 0.2) is 18.2 Å². The topological polar surface area (TPSA) is 12.0 Å². The predicted molar refractivity (Wildman–Crippen MR) is 80.9 cm³/mol. The van der Waals surface area contributed by atoms with Gasteiger partial charge in [-0.15, -0.1) is 0 Å². The Hall–Kier alpha value is -0.960. The Labute approximate surface area is 126 Å². The molecule has 4 unspecified atom stereocenters. The zero-order chi connectivity index (χ0) is 14.8. The van der Waals surface area contributed by atoms with Crippen LogP contribution in [0.1, 0.15) is 56.6 Å². The molecule has 0 bridgehead atoms. The van der Waals surface area contributed by atoms with Gasteiger partial charge in [-0.1, -0.05) is 31.7 Å². The molecule has 0 aliphatic heterocycles. The monoisotopic (exact) mass is 293 g/mol. The summed E-state index contributed by atoms with van der Waals surface area (Å²) in [6.45, 7) is 0. The lowest BCUT2D eigenvalue weighted by atomic mass is 9.65. The van der Waals surface area contributed by atoms with Crippen LogP contribution in [0.5, 0.6) is 0 Å². The molecular weight excluding hydrogens is 268 g/mol. The smallest absolute Gasteiger partial charge is 0.130 e. The molecule has 3 heteroatoms. The van der Waals surface area contributed by atoms with E-state index in [1.165, 1.54) is 50.3 Å². The lowest BCUT2D eigenvalue weighted by molar-refractivity contribution is 0.109. The van der Waals surface area contributed by atoms with Crippen LogP contribution in [-0.4, -0.2) is 7.05 Å². The van der Waals surface area contributed by atoms with Crippen molar-refractivity contribution in [3.63, 3.8) is 0 Å². The minimum Gasteiger partial charge on any atom is -0.313 e. The van der Waals surface area contributed by atoms with E-state index >= 15 is 0 Å². The van der Waals surface area contributed by atoms with Crippen LogP contribution in [0.2, 0.25) is 0 Å². The van der Waals surface area contributed by atoms with Crippen molar-refractivity contribution >= 4 is 0 Å². The van der Waals surface area contributed by atoms with E-state index in [0.717, 1.165) is 24.7 Å². The quantitative estimate of drug-likeness (QED) is 0.841. The summed E-state index contributed by atoms with van der Waals surface area (Å²) < 4.78 is 28.2. The number of halogens is 2. The Morgan fingerprint density at radius 3 is 2.33 bits per heavy atom. The van der Waals surface area contributed by atoms with E-state index in [1.807, 2.05) is 7.05 Å². The molecule has 0 radical (unpaired) electrons. The number of hydrogen-bond acceptors (Lipinski definition) is 1. The molecule has 1 nitrogen and oxygen atoms in total. The van der Waals surface area contributed by atoms with Crippen LogP contribution in [0.4, 0.5) is 8.78 Å². The zero-order valence-electron chi connectivity index (χ0n) is 12.7. The molecular formula is C18H25F2N. The lowest BCUT2D eigenvalue weighted by Gasteiger charge is -2.42. The second-order valence-electron chi connectivity index (χ2n) is 6.78. The molecule has 0 spiro atoms. The molecule has 4 atom stereocenters. The number of hydrogen-bond donors (Lipinski definition) is 1. The highest BCUT2D eigenvalue weighted by Gasteiger charge is 2.36. The summed E-state index contributed by atoms with van der Waals surface area (Å²) >= 11 is 0. The van der Waals surface area contributed by atoms with E-state index in [2.05, 4.69) is 5.32 Å². The van der Waals surface area contributed by atoms with Crippen LogP contribution < -0.4 is 5.32 Å². The Morgan fingerprint density at radius 2 is 1.67 bits per heavy atom. The summed E-state index contributed by atoms with van der Waals surface area (Å²) in [5.41, 5.74) is 0.235. The molecule has 0 saturated heterocycles. The Morgan fingerprint density at radius 1 is 1.00 bits per heavy atom. The molecule has 1 aromatic rings. The van der Waals surface area contributed by atoms with Crippen molar-refractivity contribution < 1.29 is 8.78 Å². The van der Waals surface area contributed by atoms with Crippen LogP contribution in [0, 0.1) is 29.4 Å². The molecule has 2 aliphatic carbocycles. The van der Waals surface area contributed by atoms with Crippen LogP contribution in [0.3, 0.4) is 0 Å². The third kappa shape index (κ3) is 2.98. The van der Waals surface area contributed by atoms with Crippen molar-refractivity contribution in [1.29, 1.82) is 0 Å². The van der Waals surface area contributed by atoms with Crippen molar-refractivity contribution in [1.82, 2.24) is 5.32 Å². The third-order valence-electron chi connectivity index (χ3n) is 5.67. The first-order chi connectivity index (χ1) is 10.2. The second-order valence-corrected chi connectivity index (χ2v) is 6.78. The maximum atomic E-state index is 14.1. The highest BCUT2D eigenvalue weighted by molar-refractivity contribution is 5.24. The average molecular weight is 293 g/mol. The van der Waals surface area contributed by atoms with E-state index in [-0.39, 0.29) is 11.6 Å². The van der Waals surface area contributed by atoms with Crippen molar-refractivity contribution in [2.75, 3.05) is 7.05 Å². The first kappa shape index (κ1) is 15.0. The largest absolute Gasteiger partial charge is 0.313 e. The van der Waals surface area contributed by atoms with Gasteiger partial charge in [0.15, 0.2) is 0 Å². The van der Waals surface area contributed by atoms with Gasteiger partial charge >= 0.3 is 0 Å². The Balaban J connectivity index is 1.80. The second kappa shape index (κ2) is 6.43. The van der Waals surface area contributed by atoms with Crippen LogP contribution in [-0.2, 0) is 0 Å². The molecule has 116 valence electrons. The van der Waals surface area contributed by atoms with Gasteiger partial charge in [-0.2, -0.15) is 0 Å². The minimum absolute atomic E-state index is 0.200. The summed E-state index contributed by atoms with van der Waals surface area (Å²) in [5, 5.41) is 3.19. The summed E-state index contributed by atoms with van der Waals surface area (Å²) in [5.74, 6) is 1.14. The summed E-state index contributed by atoms with van der Waals surface area (Å²) in [7, 11) is 1.82. The molecule has 0 heterocycles. The summed E-state index contributed by atoms with van der Waals surface area (Å²) in [6, 6.07) is 3.98. The molecule has 0 aromatic heterocycles. The van der Waals surface area contributed by atoms with Gasteiger partial charge in [-0.25, -0.2) is 8.78 Å². The minimum atomic E-state index is -0.417. The number of benzene rings is 1. The van der Waals surface area contributed by atoms with Gasteiger partial charge in [0.05, 0.1) is 0 Å². The van der Waals surface area contributed by atoms with Crippen molar-refractivity contribution in [3.05, 3.63) is 35.4 Å². The van der Waals surface area contributed by atoms with E-state index in [4.69, 9.17) is 0 Å². The molecule has 0 amide bonds. The molecule has 2 saturated carbocycles. The molecule has 2 aliphatic rings. The lowest BCUT2D eigenvalue weighted by Crippen LogP contribution is -2.35. The van der Waals surface area contributed by atoms with Gasteiger partial charge in [0.1, 0.15) is 11.6 Å². The fourth-order valence-corrected chi connectivity index (χ4v) is 4.64. The first-order valence-electron chi connectivity index (χ1n) is 8.32. The summed E-state index contributed by atoms with van der Waals surface area (Å²) in [6.07, 6.45) is 8.77. The van der Waals surface area contributed by atoms with Crippen molar-refractivity contribution in [2.45, 2.75) is 51.0 Å². The fraction of sp³-hybridized carbons (Fsp3) is 0.667. The van der Waals surface area contributed by atoms with E-state index in [9.17, 15) is 8.78 Å². The van der Waals surface area contributed by atoms with Gasteiger partial charge in [-0.3, -0.25) is 0 Å². The number of fused-ring (bicyclic) bond motifs is 1. The normalized spacial score (nSPS) is 30.7. The Kier molecular flexibility index (Phi) is 4.58. The Bertz CT molecular complexity index is 468. The van der Waals surface area contributed by atoms with Crippen LogP contribution >= 0.6 is 0 Å². The first-order valence-corrected chi connectivity index (χ1v) is 8.32. The van der Waals surface area contributed by atoms with Crippen LogP contribution in [0.25, 0.3) is 0 Å². The zero-order valence-corrected chi connectivity index (χ0v) is 12.7. The third-order valence-corrected chi connectivity index (χ3v) is 5.67.